The number of benzene rings is 1. The van der Waals surface area contributed by atoms with Gasteiger partial charge in [0.25, 0.3) is 5.91 Å². The van der Waals surface area contributed by atoms with Gasteiger partial charge < -0.3 is 15.0 Å². The number of carbonyl (C=O) groups excluding carboxylic acids is 1. The molecule has 0 saturated carbocycles. The molecule has 26 heavy (non-hydrogen) atoms. The van der Waals surface area contributed by atoms with Crippen molar-refractivity contribution in [3.05, 3.63) is 52.2 Å². The van der Waals surface area contributed by atoms with Crippen LogP contribution in [0.2, 0.25) is 5.02 Å². The van der Waals surface area contributed by atoms with Gasteiger partial charge in [0.15, 0.2) is 0 Å². The lowest BCUT2D eigenvalue weighted by atomic mass is 9.88. The van der Waals surface area contributed by atoms with E-state index in [1.54, 1.807) is 6.20 Å². The number of halogens is 1. The summed E-state index contributed by atoms with van der Waals surface area (Å²) in [4.78, 5) is 19.5. The number of amides is 1. The van der Waals surface area contributed by atoms with E-state index in [-0.39, 0.29) is 5.91 Å². The topological polar surface area (TPSA) is 54.5 Å². The van der Waals surface area contributed by atoms with Gasteiger partial charge in [-0.15, -0.1) is 0 Å². The van der Waals surface area contributed by atoms with Crippen molar-refractivity contribution in [3.8, 4) is 0 Å². The molecule has 6 heteroatoms. The van der Waals surface area contributed by atoms with E-state index in [1.807, 2.05) is 29.2 Å². The number of nitrogens with zero attached hydrogens (tertiary/aromatic N) is 2. The lowest BCUT2D eigenvalue weighted by Crippen LogP contribution is -2.41. The Labute approximate surface area is 158 Å². The van der Waals surface area contributed by atoms with Gasteiger partial charge in [-0.25, -0.2) is 4.98 Å². The summed E-state index contributed by atoms with van der Waals surface area (Å²) in [5.41, 5.74) is 3.96. The maximum Gasteiger partial charge on any atom is 0.255 e. The van der Waals surface area contributed by atoms with Crippen molar-refractivity contribution < 1.29 is 9.53 Å². The van der Waals surface area contributed by atoms with E-state index in [2.05, 4.69) is 10.3 Å². The number of fused-ring (bicyclic) bond motifs is 1. The Kier molecular flexibility index (Phi) is 5.09. The van der Waals surface area contributed by atoms with Crippen molar-refractivity contribution in [2.24, 2.45) is 0 Å². The second-order valence-corrected chi connectivity index (χ2v) is 7.16. The van der Waals surface area contributed by atoms with E-state index >= 15 is 0 Å². The molecule has 0 spiro atoms. The van der Waals surface area contributed by atoms with Gasteiger partial charge in [0, 0.05) is 30.0 Å². The fourth-order valence-electron chi connectivity index (χ4n) is 3.68. The number of hydrogen-bond acceptors (Lipinski definition) is 4. The quantitative estimate of drug-likeness (QED) is 0.890. The van der Waals surface area contributed by atoms with Gasteiger partial charge in [-0.3, -0.25) is 4.79 Å². The molecule has 0 atom stereocenters. The summed E-state index contributed by atoms with van der Waals surface area (Å²) in [5, 5.41) is 4.06. The van der Waals surface area contributed by atoms with Crippen LogP contribution in [0, 0.1) is 0 Å². The van der Waals surface area contributed by atoms with E-state index in [9.17, 15) is 4.79 Å². The van der Waals surface area contributed by atoms with Crippen LogP contribution in [-0.4, -0.2) is 42.1 Å². The molecule has 4 rings (SSSR count). The Balaban J connectivity index is 1.66. The van der Waals surface area contributed by atoms with Gasteiger partial charge in [0.1, 0.15) is 5.82 Å². The molecule has 1 amide bonds. The monoisotopic (exact) mass is 371 g/mol. The zero-order chi connectivity index (χ0) is 17.9. The summed E-state index contributed by atoms with van der Waals surface area (Å²) in [6.45, 7) is 2.51. The van der Waals surface area contributed by atoms with Crippen LogP contribution in [0.3, 0.4) is 0 Å². The van der Waals surface area contributed by atoms with E-state index < -0.39 is 0 Å². The van der Waals surface area contributed by atoms with Crippen LogP contribution in [0.1, 0.15) is 34.3 Å². The number of aromatic nitrogens is 1. The first-order chi connectivity index (χ1) is 12.7. The van der Waals surface area contributed by atoms with Gasteiger partial charge in [-0.05, 0) is 55.0 Å². The van der Waals surface area contributed by atoms with Crippen molar-refractivity contribution in [1.29, 1.82) is 0 Å². The first-order valence-electron chi connectivity index (χ1n) is 9.13. The Morgan fingerprint density at radius 3 is 2.69 bits per heavy atom. The Morgan fingerprint density at radius 2 is 1.92 bits per heavy atom. The van der Waals surface area contributed by atoms with E-state index in [0.717, 1.165) is 53.9 Å². The number of hydrogen-bond donors (Lipinski definition) is 1. The van der Waals surface area contributed by atoms with Crippen molar-refractivity contribution in [2.75, 3.05) is 31.6 Å². The number of pyridine rings is 1. The average molecular weight is 372 g/mol. The molecule has 1 saturated heterocycles. The maximum atomic E-state index is 13.0. The Morgan fingerprint density at radius 1 is 1.15 bits per heavy atom. The van der Waals surface area contributed by atoms with Gasteiger partial charge in [0.05, 0.1) is 18.8 Å². The second kappa shape index (κ2) is 7.64. The predicted molar refractivity (Wildman–Crippen MR) is 102 cm³/mol. The standard InChI is InChI=1S/C20H22ClN3O2/c21-14-4-3-5-15(12-14)23-19-17-7-2-1-6-16(17)18(13-22-19)20(25)24-8-10-26-11-9-24/h3-5,12-13H,1-2,6-11H2,(H,22,23). The molecule has 2 aromatic rings. The summed E-state index contributed by atoms with van der Waals surface area (Å²) >= 11 is 6.09. The highest BCUT2D eigenvalue weighted by atomic mass is 35.5. The molecule has 2 aliphatic rings. The highest BCUT2D eigenvalue weighted by Gasteiger charge is 2.26. The Bertz CT molecular complexity index is 819. The van der Waals surface area contributed by atoms with Crippen molar-refractivity contribution in [3.63, 3.8) is 0 Å². The smallest absolute Gasteiger partial charge is 0.255 e. The highest BCUT2D eigenvalue weighted by molar-refractivity contribution is 6.30. The van der Waals surface area contributed by atoms with Crippen LogP contribution >= 0.6 is 11.6 Å². The lowest BCUT2D eigenvalue weighted by molar-refractivity contribution is 0.0301. The summed E-state index contributed by atoms with van der Waals surface area (Å²) < 4.78 is 5.36. The molecule has 1 aliphatic heterocycles. The molecule has 1 aromatic heterocycles. The van der Waals surface area contributed by atoms with Crippen molar-refractivity contribution in [1.82, 2.24) is 9.88 Å². The minimum absolute atomic E-state index is 0.0771. The molecule has 1 N–H and O–H groups in total. The third-order valence-corrected chi connectivity index (χ3v) is 5.25. The van der Waals surface area contributed by atoms with E-state index in [4.69, 9.17) is 16.3 Å². The molecule has 5 nitrogen and oxygen atoms in total. The highest BCUT2D eigenvalue weighted by Crippen LogP contribution is 2.32. The lowest BCUT2D eigenvalue weighted by Gasteiger charge is -2.29. The number of nitrogens with one attached hydrogen (secondary N) is 1. The summed E-state index contributed by atoms with van der Waals surface area (Å²) in [6.07, 6.45) is 5.82. The molecule has 2 heterocycles. The van der Waals surface area contributed by atoms with Crippen molar-refractivity contribution >= 4 is 29.0 Å². The van der Waals surface area contributed by atoms with Crippen LogP contribution in [0.15, 0.2) is 30.5 Å². The number of ether oxygens (including phenoxy) is 1. The third-order valence-electron chi connectivity index (χ3n) is 5.02. The van der Waals surface area contributed by atoms with Gasteiger partial charge in [-0.2, -0.15) is 0 Å². The first-order valence-corrected chi connectivity index (χ1v) is 9.50. The van der Waals surface area contributed by atoms with Crippen LogP contribution in [0.5, 0.6) is 0 Å². The van der Waals surface area contributed by atoms with Crippen molar-refractivity contribution in [2.45, 2.75) is 25.7 Å². The Hall–Kier alpha value is -2.11. The van der Waals surface area contributed by atoms with Crippen LogP contribution in [-0.2, 0) is 17.6 Å². The normalized spacial score (nSPS) is 16.9. The third kappa shape index (κ3) is 3.55. The van der Waals surface area contributed by atoms with E-state index in [0.29, 0.717) is 31.3 Å². The average Bonchev–Trinajstić information content (AvgIpc) is 2.68. The maximum absolute atomic E-state index is 13.0. The number of anilines is 2. The zero-order valence-corrected chi connectivity index (χ0v) is 15.4. The minimum Gasteiger partial charge on any atom is -0.378 e. The number of rotatable bonds is 3. The zero-order valence-electron chi connectivity index (χ0n) is 14.6. The minimum atomic E-state index is 0.0771. The molecule has 0 radical (unpaired) electrons. The molecule has 0 unspecified atom stereocenters. The molecular weight excluding hydrogens is 350 g/mol. The van der Waals surface area contributed by atoms with Crippen LogP contribution in [0.25, 0.3) is 0 Å². The van der Waals surface area contributed by atoms with Crippen LogP contribution < -0.4 is 5.32 Å². The molecule has 1 fully saturated rings. The fourth-order valence-corrected chi connectivity index (χ4v) is 3.87. The number of carbonyl (C=O) groups is 1. The molecule has 1 aromatic carbocycles. The molecular formula is C20H22ClN3O2. The largest absolute Gasteiger partial charge is 0.378 e. The predicted octanol–water partition coefficient (Wildman–Crippen LogP) is 3.83. The van der Waals surface area contributed by atoms with Gasteiger partial charge in [-0.1, -0.05) is 17.7 Å². The SMILES string of the molecule is O=C(c1cnc(Nc2cccc(Cl)c2)c2c1CCCC2)N1CCOCC1. The number of morpholine rings is 1. The first kappa shape index (κ1) is 17.3. The van der Waals surface area contributed by atoms with E-state index in [1.165, 1.54) is 0 Å². The summed E-state index contributed by atoms with van der Waals surface area (Å²) in [6, 6.07) is 7.61. The summed E-state index contributed by atoms with van der Waals surface area (Å²) in [7, 11) is 0. The molecule has 1 aliphatic carbocycles. The fraction of sp³-hybridized carbons (Fsp3) is 0.400. The van der Waals surface area contributed by atoms with Gasteiger partial charge in [0.2, 0.25) is 0 Å². The summed E-state index contributed by atoms with van der Waals surface area (Å²) in [5.74, 6) is 0.911. The molecule has 0 bridgehead atoms. The molecule has 136 valence electrons. The van der Waals surface area contributed by atoms with Crippen LogP contribution in [0.4, 0.5) is 11.5 Å². The van der Waals surface area contributed by atoms with Gasteiger partial charge >= 0.3 is 0 Å². The second-order valence-electron chi connectivity index (χ2n) is 6.72.